The van der Waals surface area contributed by atoms with E-state index in [0.717, 1.165) is 17.7 Å². The van der Waals surface area contributed by atoms with E-state index in [-0.39, 0.29) is 0 Å². The Bertz CT molecular complexity index is 572. The molecule has 0 amide bonds. The highest BCUT2D eigenvalue weighted by atomic mass is 35.5. The number of anilines is 1. The number of rotatable bonds is 6. The minimum Gasteiger partial charge on any atom is -0.493 e. The van der Waals surface area contributed by atoms with Crippen LogP contribution in [0.4, 0.5) is 5.69 Å². The highest BCUT2D eigenvalue weighted by molar-refractivity contribution is 6.32. The van der Waals surface area contributed by atoms with Gasteiger partial charge in [-0.25, -0.2) is 0 Å². The van der Waals surface area contributed by atoms with E-state index in [0.29, 0.717) is 29.7 Å². The van der Waals surface area contributed by atoms with Gasteiger partial charge in [-0.15, -0.1) is 0 Å². The zero-order chi connectivity index (χ0) is 14.4. The number of ether oxygens (including phenoxy) is 2. The molecule has 0 radical (unpaired) electrons. The fraction of sp³-hybridized carbons (Fsp3) is 0.250. The monoisotopic (exact) mass is 291 g/mol. The van der Waals surface area contributed by atoms with Crippen LogP contribution >= 0.6 is 11.6 Å². The largest absolute Gasteiger partial charge is 0.493 e. The first-order valence-electron chi connectivity index (χ1n) is 6.52. The minimum absolute atomic E-state index is 0.561. The molecular weight excluding hydrogens is 274 g/mol. The molecule has 0 aliphatic rings. The topological polar surface area (TPSA) is 44.5 Å². The first-order chi connectivity index (χ1) is 9.65. The van der Waals surface area contributed by atoms with E-state index >= 15 is 0 Å². The van der Waals surface area contributed by atoms with Gasteiger partial charge < -0.3 is 15.2 Å². The van der Waals surface area contributed by atoms with Crippen LogP contribution in [0.15, 0.2) is 42.5 Å². The van der Waals surface area contributed by atoms with Crippen LogP contribution in [0.2, 0.25) is 5.02 Å². The molecule has 0 saturated heterocycles. The van der Waals surface area contributed by atoms with Crippen LogP contribution in [0.5, 0.6) is 11.5 Å². The van der Waals surface area contributed by atoms with Crippen molar-refractivity contribution in [3.63, 3.8) is 0 Å². The Morgan fingerprint density at radius 1 is 1.05 bits per heavy atom. The van der Waals surface area contributed by atoms with E-state index < -0.39 is 0 Å². The predicted molar refractivity (Wildman–Crippen MR) is 82.7 cm³/mol. The van der Waals surface area contributed by atoms with Crippen molar-refractivity contribution < 1.29 is 9.47 Å². The molecule has 3 nitrogen and oxygen atoms in total. The Labute approximate surface area is 124 Å². The first-order valence-corrected chi connectivity index (χ1v) is 6.90. The van der Waals surface area contributed by atoms with E-state index in [2.05, 4.69) is 0 Å². The van der Waals surface area contributed by atoms with Crippen LogP contribution in [0.25, 0.3) is 0 Å². The third-order valence-corrected chi connectivity index (χ3v) is 3.06. The number of hydrogen-bond donors (Lipinski definition) is 1. The van der Waals surface area contributed by atoms with Gasteiger partial charge in [0.15, 0.2) is 0 Å². The van der Waals surface area contributed by atoms with E-state index in [1.807, 2.05) is 43.3 Å². The van der Waals surface area contributed by atoms with Crippen LogP contribution in [0, 0.1) is 6.92 Å². The van der Waals surface area contributed by atoms with Gasteiger partial charge in [-0.1, -0.05) is 23.7 Å². The fourth-order valence-electron chi connectivity index (χ4n) is 1.76. The molecule has 2 rings (SSSR count). The molecule has 20 heavy (non-hydrogen) atoms. The number of hydrogen-bond acceptors (Lipinski definition) is 3. The van der Waals surface area contributed by atoms with E-state index in [4.69, 9.17) is 26.8 Å². The van der Waals surface area contributed by atoms with Gasteiger partial charge in [0.05, 0.1) is 18.2 Å². The lowest BCUT2D eigenvalue weighted by Crippen LogP contribution is -2.05. The van der Waals surface area contributed by atoms with Crippen LogP contribution in [-0.4, -0.2) is 13.2 Å². The van der Waals surface area contributed by atoms with Crippen molar-refractivity contribution in [2.24, 2.45) is 0 Å². The lowest BCUT2D eigenvalue weighted by molar-refractivity contribution is 0.247. The second kappa shape index (κ2) is 7.06. The average Bonchev–Trinajstić information content (AvgIpc) is 2.41. The van der Waals surface area contributed by atoms with Gasteiger partial charge in [0, 0.05) is 18.2 Å². The van der Waals surface area contributed by atoms with Gasteiger partial charge in [-0.3, -0.25) is 0 Å². The summed E-state index contributed by atoms with van der Waals surface area (Å²) in [6, 6.07) is 13.1. The van der Waals surface area contributed by atoms with Gasteiger partial charge in [0.1, 0.15) is 11.5 Å². The molecule has 2 aromatic carbocycles. The van der Waals surface area contributed by atoms with Crippen molar-refractivity contribution in [1.82, 2.24) is 0 Å². The molecule has 106 valence electrons. The highest BCUT2D eigenvalue weighted by Gasteiger charge is 2.01. The Balaban J connectivity index is 1.71. The second-order valence-electron chi connectivity index (χ2n) is 4.56. The molecule has 4 heteroatoms. The normalized spacial score (nSPS) is 10.3. The van der Waals surface area contributed by atoms with E-state index in [9.17, 15) is 0 Å². The second-order valence-corrected chi connectivity index (χ2v) is 4.96. The van der Waals surface area contributed by atoms with Crippen molar-refractivity contribution in [1.29, 1.82) is 0 Å². The lowest BCUT2D eigenvalue weighted by Gasteiger charge is -2.09. The molecule has 0 aliphatic carbocycles. The van der Waals surface area contributed by atoms with Crippen LogP contribution in [0.1, 0.15) is 12.0 Å². The summed E-state index contributed by atoms with van der Waals surface area (Å²) in [7, 11) is 0. The van der Waals surface area contributed by atoms with Gasteiger partial charge in [-0.05, 0) is 36.8 Å². The molecule has 0 fully saturated rings. The average molecular weight is 292 g/mol. The Kier molecular flexibility index (Phi) is 5.13. The van der Waals surface area contributed by atoms with Crippen molar-refractivity contribution in [2.75, 3.05) is 18.9 Å². The summed E-state index contributed by atoms with van der Waals surface area (Å²) in [6.45, 7) is 3.13. The Morgan fingerprint density at radius 3 is 2.60 bits per heavy atom. The Hall–Kier alpha value is -1.87. The molecule has 0 aliphatic heterocycles. The van der Waals surface area contributed by atoms with Crippen molar-refractivity contribution in [2.45, 2.75) is 13.3 Å². The van der Waals surface area contributed by atoms with Gasteiger partial charge in [-0.2, -0.15) is 0 Å². The van der Waals surface area contributed by atoms with E-state index in [1.54, 1.807) is 6.07 Å². The first kappa shape index (κ1) is 14.5. The molecule has 2 aromatic rings. The van der Waals surface area contributed by atoms with Crippen molar-refractivity contribution >= 4 is 17.3 Å². The number of benzene rings is 2. The molecule has 0 spiro atoms. The third kappa shape index (κ3) is 4.35. The number of aryl methyl sites for hydroxylation is 1. The predicted octanol–water partition coefficient (Wildman–Crippen LogP) is 4.08. The summed E-state index contributed by atoms with van der Waals surface area (Å²) < 4.78 is 11.2. The molecule has 0 heterocycles. The summed E-state index contributed by atoms with van der Waals surface area (Å²) in [4.78, 5) is 0. The van der Waals surface area contributed by atoms with Crippen molar-refractivity contribution in [3.8, 4) is 11.5 Å². The SMILES string of the molecule is Cc1ccc(OCCCOc2cccc(N)c2)c(Cl)c1. The summed E-state index contributed by atoms with van der Waals surface area (Å²) in [6.07, 6.45) is 0.777. The summed E-state index contributed by atoms with van der Waals surface area (Å²) in [5, 5.41) is 0.641. The van der Waals surface area contributed by atoms with Gasteiger partial charge >= 0.3 is 0 Å². The maximum atomic E-state index is 6.09. The quantitative estimate of drug-likeness (QED) is 0.644. The van der Waals surface area contributed by atoms with Gasteiger partial charge in [0.2, 0.25) is 0 Å². The van der Waals surface area contributed by atoms with E-state index in [1.165, 1.54) is 0 Å². The zero-order valence-electron chi connectivity index (χ0n) is 11.4. The van der Waals surface area contributed by atoms with Crippen molar-refractivity contribution in [3.05, 3.63) is 53.1 Å². The molecule has 0 unspecified atom stereocenters. The summed E-state index contributed by atoms with van der Waals surface area (Å²) in [5.74, 6) is 1.49. The zero-order valence-corrected chi connectivity index (χ0v) is 12.2. The smallest absolute Gasteiger partial charge is 0.137 e. The third-order valence-electron chi connectivity index (χ3n) is 2.76. The van der Waals surface area contributed by atoms with Crippen LogP contribution in [-0.2, 0) is 0 Å². The number of nitrogen functional groups attached to an aromatic ring is 1. The van der Waals surface area contributed by atoms with Gasteiger partial charge in [0.25, 0.3) is 0 Å². The Morgan fingerprint density at radius 2 is 1.85 bits per heavy atom. The molecular formula is C16H18ClNO2. The molecule has 0 bridgehead atoms. The maximum absolute atomic E-state index is 6.09. The maximum Gasteiger partial charge on any atom is 0.137 e. The van der Waals surface area contributed by atoms with Crippen LogP contribution in [0.3, 0.4) is 0 Å². The number of nitrogens with two attached hydrogens (primary N) is 1. The molecule has 2 N–H and O–H groups in total. The number of halogens is 1. The minimum atomic E-state index is 0.561. The standard InChI is InChI=1S/C16H18ClNO2/c1-12-6-7-16(15(17)10-12)20-9-3-8-19-14-5-2-4-13(18)11-14/h2,4-7,10-11H,3,8-9,18H2,1H3. The summed E-state index contributed by atoms with van der Waals surface area (Å²) in [5.41, 5.74) is 7.49. The molecule has 0 atom stereocenters. The molecule has 0 aromatic heterocycles. The highest BCUT2D eigenvalue weighted by Crippen LogP contribution is 2.25. The van der Waals surface area contributed by atoms with Crippen LogP contribution < -0.4 is 15.2 Å². The lowest BCUT2D eigenvalue weighted by atomic mass is 10.2. The summed E-state index contributed by atoms with van der Waals surface area (Å²) >= 11 is 6.09. The fourth-order valence-corrected chi connectivity index (χ4v) is 2.05. The molecule has 0 saturated carbocycles.